The van der Waals surface area contributed by atoms with Crippen LogP contribution in [0.3, 0.4) is 0 Å². The van der Waals surface area contributed by atoms with Crippen molar-refractivity contribution < 1.29 is 0 Å². The summed E-state index contributed by atoms with van der Waals surface area (Å²) >= 11 is 6.16. The van der Waals surface area contributed by atoms with Crippen LogP contribution in [0.1, 0.15) is 46.0 Å². The smallest absolute Gasteiger partial charge is 0.224 e. The minimum atomic E-state index is 0.111. The van der Waals surface area contributed by atoms with E-state index in [1.54, 1.807) is 6.20 Å². The summed E-state index contributed by atoms with van der Waals surface area (Å²) in [7, 11) is 0. The molecule has 0 atom stereocenters. The first-order valence-corrected chi connectivity index (χ1v) is 7.05. The molecule has 18 heavy (non-hydrogen) atoms. The van der Waals surface area contributed by atoms with Crippen LogP contribution >= 0.6 is 11.6 Å². The zero-order valence-corrected chi connectivity index (χ0v) is 11.8. The SMILES string of the molecule is CCNc1ncc(Cl)c(NC2(C)CCCCC2)n1. The average molecular weight is 269 g/mol. The Balaban J connectivity index is 2.14. The summed E-state index contributed by atoms with van der Waals surface area (Å²) < 4.78 is 0. The molecule has 100 valence electrons. The topological polar surface area (TPSA) is 49.8 Å². The van der Waals surface area contributed by atoms with Crippen LogP contribution in [0.5, 0.6) is 0 Å². The molecule has 0 radical (unpaired) electrons. The van der Waals surface area contributed by atoms with Crippen molar-refractivity contribution in [1.82, 2.24) is 9.97 Å². The van der Waals surface area contributed by atoms with Gasteiger partial charge in [0.05, 0.1) is 6.20 Å². The van der Waals surface area contributed by atoms with Crippen LogP contribution in [0.15, 0.2) is 6.20 Å². The van der Waals surface area contributed by atoms with Crippen molar-refractivity contribution in [2.24, 2.45) is 0 Å². The Labute approximate surface area is 114 Å². The molecule has 2 N–H and O–H groups in total. The summed E-state index contributed by atoms with van der Waals surface area (Å²) in [5, 5.41) is 7.19. The molecule has 1 aliphatic carbocycles. The molecular weight excluding hydrogens is 248 g/mol. The Morgan fingerprint density at radius 3 is 2.72 bits per heavy atom. The van der Waals surface area contributed by atoms with E-state index >= 15 is 0 Å². The second kappa shape index (κ2) is 5.74. The second-order valence-corrected chi connectivity index (χ2v) is 5.57. The third-order valence-electron chi connectivity index (χ3n) is 3.46. The summed E-state index contributed by atoms with van der Waals surface area (Å²) in [6.45, 7) is 5.07. The number of hydrogen-bond donors (Lipinski definition) is 2. The van der Waals surface area contributed by atoms with Crippen LogP contribution in [0.25, 0.3) is 0 Å². The van der Waals surface area contributed by atoms with Gasteiger partial charge >= 0.3 is 0 Å². The van der Waals surface area contributed by atoms with E-state index in [1.165, 1.54) is 32.1 Å². The Bertz CT molecular complexity index is 402. The van der Waals surface area contributed by atoms with Crippen LogP contribution in [-0.4, -0.2) is 22.1 Å². The molecule has 0 saturated heterocycles. The quantitative estimate of drug-likeness (QED) is 0.874. The first-order valence-electron chi connectivity index (χ1n) is 6.67. The fourth-order valence-corrected chi connectivity index (χ4v) is 2.58. The third-order valence-corrected chi connectivity index (χ3v) is 3.73. The highest BCUT2D eigenvalue weighted by Crippen LogP contribution is 2.32. The van der Waals surface area contributed by atoms with Crippen LogP contribution < -0.4 is 10.6 Å². The molecule has 0 bridgehead atoms. The van der Waals surface area contributed by atoms with Gasteiger partial charge < -0.3 is 10.6 Å². The van der Waals surface area contributed by atoms with Gasteiger partial charge in [0.1, 0.15) is 5.02 Å². The first kappa shape index (κ1) is 13.4. The molecule has 1 aliphatic rings. The van der Waals surface area contributed by atoms with E-state index in [1.807, 2.05) is 6.92 Å². The molecule has 1 aromatic rings. The highest BCUT2D eigenvalue weighted by molar-refractivity contribution is 6.32. The Morgan fingerprint density at radius 2 is 2.06 bits per heavy atom. The van der Waals surface area contributed by atoms with Crippen LogP contribution in [0.4, 0.5) is 11.8 Å². The van der Waals surface area contributed by atoms with E-state index < -0.39 is 0 Å². The Hall–Kier alpha value is -1.03. The predicted molar refractivity (Wildman–Crippen MR) is 76.3 cm³/mol. The first-order chi connectivity index (χ1) is 8.63. The van der Waals surface area contributed by atoms with Gasteiger partial charge in [0.25, 0.3) is 0 Å². The second-order valence-electron chi connectivity index (χ2n) is 5.17. The van der Waals surface area contributed by atoms with Crippen molar-refractivity contribution >= 4 is 23.4 Å². The monoisotopic (exact) mass is 268 g/mol. The molecular formula is C13H21ClN4. The van der Waals surface area contributed by atoms with E-state index in [9.17, 15) is 0 Å². The molecule has 0 spiro atoms. The number of halogens is 1. The molecule has 1 fully saturated rings. The summed E-state index contributed by atoms with van der Waals surface area (Å²) in [6.07, 6.45) is 7.87. The van der Waals surface area contributed by atoms with Crippen molar-refractivity contribution in [1.29, 1.82) is 0 Å². The minimum absolute atomic E-state index is 0.111. The zero-order valence-electron chi connectivity index (χ0n) is 11.1. The zero-order chi connectivity index (χ0) is 13.0. The molecule has 0 aliphatic heterocycles. The van der Waals surface area contributed by atoms with Gasteiger partial charge in [0.2, 0.25) is 5.95 Å². The number of anilines is 2. The van der Waals surface area contributed by atoms with E-state index in [4.69, 9.17) is 11.6 Å². The molecule has 5 heteroatoms. The standard InChI is InChI=1S/C13H21ClN4/c1-3-15-12-16-9-10(14)11(17-12)18-13(2)7-5-4-6-8-13/h9H,3-8H2,1-2H3,(H2,15,16,17,18). The van der Waals surface area contributed by atoms with Crippen molar-refractivity contribution in [2.75, 3.05) is 17.2 Å². The predicted octanol–water partition coefficient (Wildman–Crippen LogP) is 3.70. The molecule has 0 aromatic carbocycles. The maximum Gasteiger partial charge on any atom is 0.224 e. The molecule has 2 rings (SSSR count). The van der Waals surface area contributed by atoms with Gasteiger partial charge in [-0.2, -0.15) is 4.98 Å². The number of rotatable bonds is 4. The lowest BCUT2D eigenvalue weighted by atomic mass is 9.83. The van der Waals surface area contributed by atoms with Gasteiger partial charge in [-0.15, -0.1) is 0 Å². The summed E-state index contributed by atoms with van der Waals surface area (Å²) in [5.41, 5.74) is 0.111. The molecule has 1 heterocycles. The van der Waals surface area contributed by atoms with E-state index in [0.717, 1.165) is 12.4 Å². The van der Waals surface area contributed by atoms with Gasteiger partial charge in [-0.05, 0) is 26.7 Å². The molecule has 1 aromatic heterocycles. The molecule has 4 nitrogen and oxygen atoms in total. The summed E-state index contributed by atoms with van der Waals surface area (Å²) in [5.74, 6) is 1.37. The van der Waals surface area contributed by atoms with Gasteiger partial charge in [-0.3, -0.25) is 0 Å². The lowest BCUT2D eigenvalue weighted by molar-refractivity contribution is 0.348. The normalized spacial score (nSPS) is 18.4. The van der Waals surface area contributed by atoms with Crippen molar-refractivity contribution in [3.8, 4) is 0 Å². The number of hydrogen-bond acceptors (Lipinski definition) is 4. The highest BCUT2D eigenvalue weighted by Gasteiger charge is 2.27. The maximum atomic E-state index is 6.16. The third kappa shape index (κ3) is 3.25. The van der Waals surface area contributed by atoms with Crippen molar-refractivity contribution in [2.45, 2.75) is 51.5 Å². The molecule has 1 saturated carbocycles. The van der Waals surface area contributed by atoms with Gasteiger partial charge in [0.15, 0.2) is 5.82 Å². The van der Waals surface area contributed by atoms with Crippen molar-refractivity contribution in [3.05, 3.63) is 11.2 Å². The summed E-state index contributed by atoms with van der Waals surface area (Å²) in [6, 6.07) is 0. The van der Waals surface area contributed by atoms with E-state index in [-0.39, 0.29) is 5.54 Å². The fourth-order valence-electron chi connectivity index (χ4n) is 2.44. The Morgan fingerprint density at radius 1 is 1.33 bits per heavy atom. The maximum absolute atomic E-state index is 6.16. The largest absolute Gasteiger partial charge is 0.364 e. The minimum Gasteiger partial charge on any atom is -0.364 e. The Kier molecular flexibility index (Phi) is 4.27. The lowest BCUT2D eigenvalue weighted by Crippen LogP contribution is -2.37. The van der Waals surface area contributed by atoms with E-state index in [2.05, 4.69) is 27.5 Å². The van der Waals surface area contributed by atoms with Gasteiger partial charge in [-0.1, -0.05) is 30.9 Å². The lowest BCUT2D eigenvalue weighted by Gasteiger charge is -2.35. The highest BCUT2D eigenvalue weighted by atomic mass is 35.5. The number of aromatic nitrogens is 2. The van der Waals surface area contributed by atoms with Crippen LogP contribution in [-0.2, 0) is 0 Å². The molecule has 0 amide bonds. The number of nitrogens with zero attached hydrogens (tertiary/aromatic N) is 2. The van der Waals surface area contributed by atoms with Crippen LogP contribution in [0.2, 0.25) is 5.02 Å². The van der Waals surface area contributed by atoms with Crippen LogP contribution in [0, 0.1) is 0 Å². The molecule has 0 unspecified atom stereocenters. The summed E-state index contributed by atoms with van der Waals surface area (Å²) in [4.78, 5) is 8.59. The van der Waals surface area contributed by atoms with Crippen molar-refractivity contribution in [3.63, 3.8) is 0 Å². The van der Waals surface area contributed by atoms with Gasteiger partial charge in [-0.25, -0.2) is 4.98 Å². The number of nitrogens with one attached hydrogen (secondary N) is 2. The van der Waals surface area contributed by atoms with E-state index in [0.29, 0.717) is 11.0 Å². The van der Waals surface area contributed by atoms with Gasteiger partial charge in [0, 0.05) is 12.1 Å². The average Bonchev–Trinajstić information content (AvgIpc) is 2.34. The fraction of sp³-hybridized carbons (Fsp3) is 0.692.